The Morgan fingerprint density at radius 1 is 1.14 bits per heavy atom. The summed E-state index contributed by atoms with van der Waals surface area (Å²) < 4.78 is 19.2. The van der Waals surface area contributed by atoms with Gasteiger partial charge in [0.2, 0.25) is 5.88 Å². The molecule has 1 aliphatic heterocycles. The number of ether oxygens (including phenoxy) is 1. The van der Waals surface area contributed by atoms with Crippen LogP contribution in [-0.2, 0) is 0 Å². The first-order valence-corrected chi connectivity index (χ1v) is 9.02. The monoisotopic (exact) mass is 382 g/mol. The molecule has 0 unspecified atom stereocenters. The van der Waals surface area contributed by atoms with Crippen molar-refractivity contribution in [1.29, 1.82) is 0 Å². The Morgan fingerprint density at radius 2 is 1.96 bits per heavy atom. The van der Waals surface area contributed by atoms with Gasteiger partial charge in [-0.15, -0.1) is 4.80 Å². The molecule has 8 nitrogen and oxygen atoms in total. The first-order valence-electron chi connectivity index (χ1n) is 9.02. The molecular formula is C19H19FN6O2. The molecule has 4 rings (SSSR count). The van der Waals surface area contributed by atoms with Crippen LogP contribution in [0, 0.1) is 5.82 Å². The zero-order valence-corrected chi connectivity index (χ0v) is 15.3. The van der Waals surface area contributed by atoms with Crippen LogP contribution in [0.2, 0.25) is 0 Å². The first kappa shape index (κ1) is 18.0. The maximum atomic E-state index is 13.4. The highest BCUT2D eigenvalue weighted by atomic mass is 19.1. The van der Waals surface area contributed by atoms with Crippen LogP contribution in [0.4, 0.5) is 4.39 Å². The van der Waals surface area contributed by atoms with Crippen LogP contribution in [0.25, 0.3) is 5.82 Å². The van der Waals surface area contributed by atoms with Crippen molar-refractivity contribution in [3.05, 3.63) is 60.4 Å². The van der Waals surface area contributed by atoms with Crippen LogP contribution < -0.4 is 4.74 Å². The number of amides is 1. The van der Waals surface area contributed by atoms with Gasteiger partial charge in [0.25, 0.3) is 5.91 Å². The third-order valence-electron chi connectivity index (χ3n) is 4.71. The predicted octanol–water partition coefficient (Wildman–Crippen LogP) is 2.27. The van der Waals surface area contributed by atoms with Gasteiger partial charge in [0.05, 0.1) is 24.5 Å². The molecule has 3 aromatic rings. The highest BCUT2D eigenvalue weighted by Crippen LogP contribution is 2.24. The van der Waals surface area contributed by atoms with Gasteiger partial charge >= 0.3 is 0 Å². The number of likely N-dealkylation sites (tertiary alicyclic amines) is 1. The quantitative estimate of drug-likeness (QED) is 0.688. The van der Waals surface area contributed by atoms with E-state index in [-0.39, 0.29) is 23.9 Å². The largest absolute Gasteiger partial charge is 0.472 e. The highest BCUT2D eigenvalue weighted by Gasteiger charge is 2.32. The van der Waals surface area contributed by atoms with E-state index in [0.717, 1.165) is 12.8 Å². The molecule has 0 aromatic carbocycles. The summed E-state index contributed by atoms with van der Waals surface area (Å²) in [6.45, 7) is 2.37. The van der Waals surface area contributed by atoms with Crippen molar-refractivity contribution >= 4 is 5.91 Å². The van der Waals surface area contributed by atoms with Crippen LogP contribution >= 0.6 is 0 Å². The van der Waals surface area contributed by atoms with Crippen LogP contribution in [0.5, 0.6) is 5.88 Å². The number of nitrogens with zero attached hydrogens (tertiary/aromatic N) is 6. The van der Waals surface area contributed by atoms with Crippen molar-refractivity contribution in [2.24, 2.45) is 0 Å². The number of rotatable bonds is 4. The van der Waals surface area contributed by atoms with Crippen LogP contribution in [0.3, 0.4) is 0 Å². The lowest BCUT2D eigenvalue weighted by Crippen LogP contribution is -2.49. The first-order chi connectivity index (χ1) is 13.6. The van der Waals surface area contributed by atoms with Gasteiger partial charge in [-0.05, 0) is 38.0 Å². The standard InChI is InChI=1S/C19H19FN6O2/c1-13-4-5-15(28-17-11-14(20)6-8-21-17)12-25(13)19(27)16-3-2-7-22-18(16)26-23-9-10-24-26/h2-3,6-11,13,15H,4-5,12H2,1H3/t13-,15-/m1/s1. The number of piperidine rings is 1. The molecule has 1 fully saturated rings. The van der Waals surface area contributed by atoms with Gasteiger partial charge in [0.1, 0.15) is 11.9 Å². The molecule has 144 valence electrons. The lowest BCUT2D eigenvalue weighted by Gasteiger charge is -2.37. The lowest BCUT2D eigenvalue weighted by molar-refractivity contribution is 0.0371. The Hall–Kier alpha value is -3.36. The summed E-state index contributed by atoms with van der Waals surface area (Å²) in [5, 5.41) is 8.15. The van der Waals surface area contributed by atoms with E-state index in [1.807, 2.05) is 6.92 Å². The molecule has 28 heavy (non-hydrogen) atoms. The van der Waals surface area contributed by atoms with E-state index >= 15 is 0 Å². The number of pyridine rings is 2. The number of aromatic nitrogens is 5. The maximum absolute atomic E-state index is 13.4. The average molecular weight is 382 g/mol. The highest BCUT2D eigenvalue weighted by molar-refractivity contribution is 5.97. The van der Waals surface area contributed by atoms with E-state index in [2.05, 4.69) is 20.2 Å². The molecule has 0 N–H and O–H groups in total. The topological polar surface area (TPSA) is 86.0 Å². The molecule has 0 saturated carbocycles. The van der Waals surface area contributed by atoms with Crippen LogP contribution in [0.1, 0.15) is 30.1 Å². The molecule has 9 heteroatoms. The summed E-state index contributed by atoms with van der Waals surface area (Å²) in [5.41, 5.74) is 0.412. The predicted molar refractivity (Wildman–Crippen MR) is 97.5 cm³/mol. The van der Waals surface area contributed by atoms with Crippen molar-refractivity contribution in [2.75, 3.05) is 6.54 Å². The van der Waals surface area contributed by atoms with E-state index in [9.17, 15) is 9.18 Å². The molecule has 2 atom stereocenters. The third-order valence-corrected chi connectivity index (χ3v) is 4.71. The zero-order valence-electron chi connectivity index (χ0n) is 15.3. The molecule has 4 heterocycles. The van der Waals surface area contributed by atoms with Crippen molar-refractivity contribution in [1.82, 2.24) is 29.9 Å². The van der Waals surface area contributed by atoms with Gasteiger partial charge in [0.15, 0.2) is 5.82 Å². The van der Waals surface area contributed by atoms with Crippen molar-refractivity contribution in [2.45, 2.75) is 31.9 Å². The minimum Gasteiger partial charge on any atom is -0.472 e. The minimum atomic E-state index is -0.408. The molecular weight excluding hydrogens is 363 g/mol. The lowest BCUT2D eigenvalue weighted by atomic mass is 10.00. The molecule has 3 aromatic heterocycles. The molecule has 0 spiro atoms. The Morgan fingerprint density at radius 3 is 2.75 bits per heavy atom. The van der Waals surface area contributed by atoms with E-state index < -0.39 is 5.82 Å². The Labute approximate surface area is 161 Å². The fourth-order valence-electron chi connectivity index (χ4n) is 3.28. The maximum Gasteiger partial charge on any atom is 0.258 e. The fourth-order valence-corrected chi connectivity index (χ4v) is 3.28. The van der Waals surface area contributed by atoms with Crippen molar-refractivity contribution in [3.63, 3.8) is 0 Å². The normalized spacial score (nSPS) is 19.4. The SMILES string of the molecule is C[C@@H]1CC[C@@H](Oc2cc(F)ccn2)CN1C(=O)c1cccnc1-n1nccn1. The van der Waals surface area contributed by atoms with Gasteiger partial charge < -0.3 is 9.64 Å². The van der Waals surface area contributed by atoms with Crippen molar-refractivity contribution in [3.8, 4) is 11.7 Å². The summed E-state index contributed by atoms with van der Waals surface area (Å²) in [6.07, 6.45) is 7.27. The minimum absolute atomic E-state index is 0.0338. The Bertz CT molecular complexity index is 965. The molecule has 1 aliphatic rings. The fraction of sp³-hybridized carbons (Fsp3) is 0.316. The van der Waals surface area contributed by atoms with Crippen molar-refractivity contribution < 1.29 is 13.9 Å². The summed E-state index contributed by atoms with van der Waals surface area (Å²) in [4.78, 5) is 24.6. The number of carbonyl (C=O) groups excluding carboxylic acids is 1. The third kappa shape index (κ3) is 3.68. The number of hydrogen-bond acceptors (Lipinski definition) is 6. The second-order valence-corrected chi connectivity index (χ2v) is 6.63. The van der Waals surface area contributed by atoms with Gasteiger partial charge in [-0.3, -0.25) is 4.79 Å². The Kier molecular flexibility index (Phi) is 4.96. The number of halogens is 1. The van der Waals surface area contributed by atoms with E-state index in [1.165, 1.54) is 35.5 Å². The smallest absolute Gasteiger partial charge is 0.258 e. The van der Waals surface area contributed by atoms with Gasteiger partial charge in [-0.2, -0.15) is 10.2 Å². The molecule has 0 radical (unpaired) electrons. The van der Waals surface area contributed by atoms with E-state index in [1.54, 1.807) is 23.2 Å². The second-order valence-electron chi connectivity index (χ2n) is 6.63. The molecule has 1 saturated heterocycles. The number of hydrogen-bond donors (Lipinski definition) is 0. The average Bonchev–Trinajstić information content (AvgIpc) is 3.24. The summed E-state index contributed by atoms with van der Waals surface area (Å²) in [5.74, 6) is 0.0107. The summed E-state index contributed by atoms with van der Waals surface area (Å²) >= 11 is 0. The molecule has 0 bridgehead atoms. The van der Waals surface area contributed by atoms with Crippen LogP contribution in [0.15, 0.2) is 49.1 Å². The summed E-state index contributed by atoms with van der Waals surface area (Å²) in [7, 11) is 0. The zero-order chi connectivity index (χ0) is 19.5. The number of carbonyl (C=O) groups is 1. The van der Waals surface area contributed by atoms with Gasteiger partial charge in [0, 0.05) is 24.5 Å². The second kappa shape index (κ2) is 7.71. The van der Waals surface area contributed by atoms with Gasteiger partial charge in [-0.1, -0.05) is 0 Å². The van der Waals surface area contributed by atoms with E-state index in [0.29, 0.717) is 17.9 Å². The summed E-state index contributed by atoms with van der Waals surface area (Å²) in [6, 6.07) is 5.95. The van der Waals surface area contributed by atoms with E-state index in [4.69, 9.17) is 4.74 Å². The van der Waals surface area contributed by atoms with Crippen LogP contribution in [-0.4, -0.2) is 54.5 Å². The van der Waals surface area contributed by atoms with Gasteiger partial charge in [-0.25, -0.2) is 14.4 Å². The molecule has 1 amide bonds. The Balaban J connectivity index is 1.55. The molecule has 0 aliphatic carbocycles.